The van der Waals surface area contributed by atoms with E-state index in [1.54, 1.807) is 25.5 Å². The largest absolute Gasteiger partial charge is 0.354 e. The van der Waals surface area contributed by atoms with Crippen molar-refractivity contribution in [2.24, 2.45) is 0 Å². The van der Waals surface area contributed by atoms with Gasteiger partial charge in [-0.3, -0.25) is 24.7 Å². The predicted octanol–water partition coefficient (Wildman–Crippen LogP) is 2.69. The molecule has 2 amide bonds. The molecule has 1 atom stereocenters. The van der Waals surface area contributed by atoms with E-state index in [0.717, 1.165) is 66.7 Å². The van der Waals surface area contributed by atoms with Crippen LogP contribution in [-0.2, 0) is 12.8 Å². The average Bonchev–Trinajstić information content (AvgIpc) is 3.55. The summed E-state index contributed by atoms with van der Waals surface area (Å²) in [6, 6.07) is 7.49. The summed E-state index contributed by atoms with van der Waals surface area (Å²) in [6.07, 6.45) is 8.30. The van der Waals surface area contributed by atoms with Crippen LogP contribution >= 0.6 is 0 Å². The number of nitrogens with zero attached hydrogens (tertiary/aromatic N) is 4. The lowest BCUT2D eigenvalue weighted by atomic mass is 10.1. The van der Waals surface area contributed by atoms with Gasteiger partial charge >= 0.3 is 0 Å². The topological polar surface area (TPSA) is 104 Å². The quantitative estimate of drug-likeness (QED) is 0.681. The van der Waals surface area contributed by atoms with Gasteiger partial charge in [0.1, 0.15) is 5.69 Å². The molecular formula is C23H24N6O2. The van der Waals surface area contributed by atoms with Gasteiger partial charge in [-0.2, -0.15) is 5.10 Å². The Bertz CT molecular complexity index is 1120. The Labute approximate surface area is 180 Å². The number of carbonyl (C=O) groups excluding carboxylic acids is 2. The Hall–Kier alpha value is -3.55. The fraction of sp³-hybridized carbons (Fsp3) is 0.348. The summed E-state index contributed by atoms with van der Waals surface area (Å²) in [6.45, 7) is 0.722. The first-order valence-electron chi connectivity index (χ1n) is 10.7. The van der Waals surface area contributed by atoms with E-state index in [2.05, 4.69) is 25.5 Å². The minimum atomic E-state index is -0.214. The third-order valence-corrected chi connectivity index (χ3v) is 6.21. The highest BCUT2D eigenvalue weighted by Gasteiger charge is 2.34. The molecule has 0 aromatic carbocycles. The lowest BCUT2D eigenvalue weighted by Crippen LogP contribution is -2.31. The van der Waals surface area contributed by atoms with Gasteiger partial charge in [-0.1, -0.05) is 12.1 Å². The monoisotopic (exact) mass is 416 g/mol. The van der Waals surface area contributed by atoms with Crippen LogP contribution in [0.25, 0.3) is 11.1 Å². The number of likely N-dealkylation sites (tertiary alicyclic amines) is 1. The van der Waals surface area contributed by atoms with Gasteiger partial charge in [0.05, 0.1) is 11.7 Å². The maximum atomic E-state index is 13.2. The van der Waals surface area contributed by atoms with E-state index in [0.29, 0.717) is 11.4 Å². The fourth-order valence-corrected chi connectivity index (χ4v) is 4.55. The van der Waals surface area contributed by atoms with Gasteiger partial charge in [0.2, 0.25) is 0 Å². The number of nitrogens with one attached hydrogen (secondary N) is 2. The molecule has 0 bridgehead atoms. The van der Waals surface area contributed by atoms with Crippen molar-refractivity contribution in [3.05, 3.63) is 65.0 Å². The molecule has 1 fully saturated rings. The number of hydrogen-bond acceptors (Lipinski definition) is 5. The van der Waals surface area contributed by atoms with Gasteiger partial charge < -0.3 is 10.2 Å². The van der Waals surface area contributed by atoms with Gasteiger partial charge in [0.15, 0.2) is 5.69 Å². The second-order valence-corrected chi connectivity index (χ2v) is 8.02. The SMILES string of the molecule is CNC(=O)c1ccc(-c2ccc([C@@H]3CCCN3C(=O)c3n[nH]c4c3CCC4)nc2)cn1. The predicted molar refractivity (Wildman–Crippen MR) is 114 cm³/mol. The Morgan fingerprint density at radius 3 is 2.58 bits per heavy atom. The molecule has 3 aromatic rings. The number of aromatic amines is 1. The molecule has 8 nitrogen and oxygen atoms in total. The highest BCUT2D eigenvalue weighted by molar-refractivity contribution is 5.94. The van der Waals surface area contributed by atoms with E-state index in [1.165, 1.54) is 0 Å². The summed E-state index contributed by atoms with van der Waals surface area (Å²) in [5.41, 5.74) is 5.85. The molecule has 5 rings (SSSR count). The third-order valence-electron chi connectivity index (χ3n) is 6.21. The lowest BCUT2D eigenvalue weighted by Gasteiger charge is -2.24. The number of aryl methyl sites for hydroxylation is 1. The van der Waals surface area contributed by atoms with Gasteiger partial charge in [-0.05, 0) is 44.2 Å². The molecule has 1 saturated heterocycles. The minimum Gasteiger partial charge on any atom is -0.354 e. The van der Waals surface area contributed by atoms with Crippen molar-refractivity contribution in [2.75, 3.05) is 13.6 Å². The highest BCUT2D eigenvalue weighted by atomic mass is 16.2. The van der Waals surface area contributed by atoms with E-state index in [-0.39, 0.29) is 17.9 Å². The summed E-state index contributed by atoms with van der Waals surface area (Å²) in [7, 11) is 1.58. The second kappa shape index (κ2) is 7.94. The molecule has 31 heavy (non-hydrogen) atoms. The Morgan fingerprint density at radius 1 is 1.06 bits per heavy atom. The molecule has 2 N–H and O–H groups in total. The molecule has 8 heteroatoms. The first-order valence-corrected chi connectivity index (χ1v) is 10.7. The van der Waals surface area contributed by atoms with Crippen LogP contribution in [0, 0.1) is 0 Å². The second-order valence-electron chi connectivity index (χ2n) is 8.02. The summed E-state index contributed by atoms with van der Waals surface area (Å²) in [5.74, 6) is -0.213. The van der Waals surface area contributed by atoms with Crippen molar-refractivity contribution < 1.29 is 9.59 Å². The number of hydrogen-bond donors (Lipinski definition) is 2. The van der Waals surface area contributed by atoms with Crippen LogP contribution in [0.3, 0.4) is 0 Å². The number of H-pyrrole nitrogens is 1. The zero-order valence-electron chi connectivity index (χ0n) is 17.4. The van der Waals surface area contributed by atoms with Crippen molar-refractivity contribution in [1.29, 1.82) is 0 Å². The van der Waals surface area contributed by atoms with Crippen LogP contribution in [0.1, 0.15) is 63.2 Å². The van der Waals surface area contributed by atoms with E-state index in [4.69, 9.17) is 0 Å². The molecule has 158 valence electrons. The standard InChI is InChI=1S/C23H24N6O2/c1-24-22(30)19-10-8-15(13-26-19)14-7-9-18(25-12-14)20-6-3-11-29(20)23(31)21-16-4-2-5-17(16)27-28-21/h7-10,12-13,20H,2-6,11H2,1H3,(H,24,30)(H,27,28)/t20-/m0/s1. The van der Waals surface area contributed by atoms with Gasteiger partial charge in [0.25, 0.3) is 11.8 Å². The van der Waals surface area contributed by atoms with Gasteiger partial charge in [-0.25, -0.2) is 0 Å². The van der Waals surface area contributed by atoms with Crippen LogP contribution in [0.15, 0.2) is 36.7 Å². The first-order chi connectivity index (χ1) is 15.2. The minimum absolute atomic E-state index is 0.00164. The Morgan fingerprint density at radius 2 is 1.87 bits per heavy atom. The summed E-state index contributed by atoms with van der Waals surface area (Å²) >= 11 is 0. The Balaban J connectivity index is 1.35. The van der Waals surface area contributed by atoms with Crippen molar-refractivity contribution in [1.82, 2.24) is 30.4 Å². The summed E-state index contributed by atoms with van der Waals surface area (Å²) in [4.78, 5) is 35.7. The summed E-state index contributed by atoms with van der Waals surface area (Å²) < 4.78 is 0. The molecule has 0 spiro atoms. The molecule has 1 aliphatic carbocycles. The van der Waals surface area contributed by atoms with E-state index in [9.17, 15) is 9.59 Å². The third kappa shape index (κ3) is 3.48. The van der Waals surface area contributed by atoms with Crippen LogP contribution < -0.4 is 5.32 Å². The van der Waals surface area contributed by atoms with E-state index >= 15 is 0 Å². The molecule has 4 heterocycles. The first kappa shape index (κ1) is 19.4. The number of amides is 2. The zero-order chi connectivity index (χ0) is 21.4. The van der Waals surface area contributed by atoms with Gasteiger partial charge in [-0.15, -0.1) is 0 Å². The fourth-order valence-electron chi connectivity index (χ4n) is 4.55. The Kier molecular flexibility index (Phi) is 4.97. The average molecular weight is 416 g/mol. The van der Waals surface area contributed by atoms with Gasteiger partial charge in [0, 0.05) is 48.4 Å². The number of rotatable bonds is 4. The van der Waals surface area contributed by atoms with E-state index < -0.39 is 0 Å². The van der Waals surface area contributed by atoms with Crippen LogP contribution in [0.2, 0.25) is 0 Å². The van der Waals surface area contributed by atoms with Crippen molar-refractivity contribution in [2.45, 2.75) is 38.1 Å². The smallest absolute Gasteiger partial charge is 0.275 e. The maximum absolute atomic E-state index is 13.2. The number of fused-ring (bicyclic) bond motifs is 1. The lowest BCUT2D eigenvalue weighted by molar-refractivity contribution is 0.0725. The van der Waals surface area contributed by atoms with Crippen LogP contribution in [0.5, 0.6) is 0 Å². The molecule has 0 radical (unpaired) electrons. The molecule has 0 saturated carbocycles. The normalized spacial score (nSPS) is 17.6. The van der Waals surface area contributed by atoms with Crippen molar-refractivity contribution in [3.8, 4) is 11.1 Å². The molecular weight excluding hydrogens is 392 g/mol. The van der Waals surface area contributed by atoms with Crippen molar-refractivity contribution >= 4 is 11.8 Å². The van der Waals surface area contributed by atoms with Crippen LogP contribution in [0.4, 0.5) is 0 Å². The highest BCUT2D eigenvalue weighted by Crippen LogP contribution is 2.34. The number of carbonyl (C=O) groups is 2. The van der Waals surface area contributed by atoms with E-state index in [1.807, 2.05) is 23.1 Å². The number of pyridine rings is 2. The maximum Gasteiger partial charge on any atom is 0.275 e. The number of aromatic nitrogens is 4. The van der Waals surface area contributed by atoms with Crippen LogP contribution in [-0.4, -0.2) is 50.5 Å². The molecule has 3 aromatic heterocycles. The molecule has 1 aliphatic heterocycles. The molecule has 0 unspecified atom stereocenters. The molecule has 2 aliphatic rings. The summed E-state index contributed by atoms with van der Waals surface area (Å²) in [5, 5.41) is 9.92. The van der Waals surface area contributed by atoms with Crippen molar-refractivity contribution in [3.63, 3.8) is 0 Å². The zero-order valence-corrected chi connectivity index (χ0v) is 17.4.